The van der Waals surface area contributed by atoms with Gasteiger partial charge in [-0.2, -0.15) is 0 Å². The summed E-state index contributed by atoms with van der Waals surface area (Å²) in [5.74, 6) is -3.99. The molecule has 0 aromatic heterocycles. The fourth-order valence-corrected chi connectivity index (χ4v) is 2.80. The van der Waals surface area contributed by atoms with Crippen molar-refractivity contribution >= 4 is 17.6 Å². The van der Waals surface area contributed by atoms with Crippen LogP contribution in [-0.2, 0) is 16.0 Å². The monoisotopic (exact) mass is 317 g/mol. The molecule has 0 saturated carbocycles. The van der Waals surface area contributed by atoms with Crippen LogP contribution in [0, 0.1) is 11.6 Å². The van der Waals surface area contributed by atoms with Crippen molar-refractivity contribution in [2.24, 2.45) is 0 Å². The number of anilines is 1. The third kappa shape index (κ3) is 2.67. The SMILES string of the molecule is O=C(O)C1CN(C(=O)Cc2c(F)cccc2F)c2ccccc21. The Morgan fingerprint density at radius 1 is 1.09 bits per heavy atom. The van der Waals surface area contributed by atoms with E-state index in [9.17, 15) is 23.5 Å². The number of hydrogen-bond acceptors (Lipinski definition) is 2. The second kappa shape index (κ2) is 5.79. The van der Waals surface area contributed by atoms with E-state index in [1.807, 2.05) is 0 Å². The van der Waals surface area contributed by atoms with Crippen molar-refractivity contribution in [3.8, 4) is 0 Å². The lowest BCUT2D eigenvalue weighted by atomic mass is 10.0. The van der Waals surface area contributed by atoms with Gasteiger partial charge in [-0.1, -0.05) is 24.3 Å². The minimum atomic E-state index is -1.04. The quantitative estimate of drug-likeness (QED) is 0.947. The summed E-state index contributed by atoms with van der Waals surface area (Å²) in [5.41, 5.74) is 0.692. The van der Waals surface area contributed by atoms with Crippen LogP contribution in [0.4, 0.5) is 14.5 Å². The number of halogens is 2. The van der Waals surface area contributed by atoms with Crippen molar-refractivity contribution in [2.75, 3.05) is 11.4 Å². The fourth-order valence-electron chi connectivity index (χ4n) is 2.80. The maximum absolute atomic E-state index is 13.7. The molecule has 1 atom stereocenters. The first-order chi connectivity index (χ1) is 11.0. The van der Waals surface area contributed by atoms with Crippen molar-refractivity contribution in [1.82, 2.24) is 0 Å². The van der Waals surface area contributed by atoms with Gasteiger partial charge in [-0.05, 0) is 23.8 Å². The van der Waals surface area contributed by atoms with Crippen molar-refractivity contribution < 1.29 is 23.5 Å². The summed E-state index contributed by atoms with van der Waals surface area (Å²) in [6.45, 7) is -0.0381. The number of nitrogens with zero attached hydrogens (tertiary/aromatic N) is 1. The third-order valence-corrected chi connectivity index (χ3v) is 3.96. The molecule has 1 N–H and O–H groups in total. The average Bonchev–Trinajstić information content (AvgIpc) is 2.91. The second-order valence-electron chi connectivity index (χ2n) is 5.33. The zero-order valence-electron chi connectivity index (χ0n) is 12.0. The number of carbonyl (C=O) groups is 2. The number of carboxylic acids is 1. The molecule has 0 aliphatic carbocycles. The summed E-state index contributed by atoms with van der Waals surface area (Å²) >= 11 is 0. The van der Waals surface area contributed by atoms with E-state index in [4.69, 9.17) is 0 Å². The number of fused-ring (bicyclic) bond motifs is 1. The van der Waals surface area contributed by atoms with Gasteiger partial charge in [0.2, 0.25) is 5.91 Å². The van der Waals surface area contributed by atoms with Gasteiger partial charge in [-0.25, -0.2) is 8.78 Å². The normalized spacial score (nSPS) is 16.3. The molecule has 0 radical (unpaired) electrons. The van der Waals surface area contributed by atoms with Crippen molar-refractivity contribution in [2.45, 2.75) is 12.3 Å². The van der Waals surface area contributed by atoms with E-state index in [0.29, 0.717) is 11.3 Å². The molecule has 6 heteroatoms. The number of hydrogen-bond donors (Lipinski definition) is 1. The third-order valence-electron chi connectivity index (χ3n) is 3.96. The molecule has 3 rings (SSSR count). The van der Waals surface area contributed by atoms with Gasteiger partial charge in [0.25, 0.3) is 0 Å². The summed E-state index contributed by atoms with van der Waals surface area (Å²) in [4.78, 5) is 25.1. The van der Waals surface area contributed by atoms with Crippen LogP contribution in [0.5, 0.6) is 0 Å². The molecule has 0 bridgehead atoms. The van der Waals surface area contributed by atoms with Crippen LogP contribution < -0.4 is 4.90 Å². The maximum Gasteiger partial charge on any atom is 0.312 e. The van der Waals surface area contributed by atoms with Crippen LogP contribution in [0.15, 0.2) is 42.5 Å². The second-order valence-corrected chi connectivity index (χ2v) is 5.33. The molecule has 118 valence electrons. The number of carbonyl (C=O) groups excluding carboxylic acids is 1. The van der Waals surface area contributed by atoms with Gasteiger partial charge in [0.05, 0.1) is 6.42 Å². The number of aliphatic carboxylic acids is 1. The van der Waals surface area contributed by atoms with E-state index in [0.717, 1.165) is 12.1 Å². The van der Waals surface area contributed by atoms with Crippen molar-refractivity contribution in [3.63, 3.8) is 0 Å². The Balaban J connectivity index is 1.91. The Hall–Kier alpha value is -2.76. The molecular formula is C17H13F2NO3. The van der Waals surface area contributed by atoms with Gasteiger partial charge in [0.15, 0.2) is 0 Å². The molecule has 0 fully saturated rings. The zero-order valence-corrected chi connectivity index (χ0v) is 12.0. The minimum Gasteiger partial charge on any atom is -0.481 e. The summed E-state index contributed by atoms with van der Waals surface area (Å²) in [6, 6.07) is 10.1. The maximum atomic E-state index is 13.7. The Morgan fingerprint density at radius 3 is 2.39 bits per heavy atom. The Bertz CT molecular complexity index is 771. The van der Waals surface area contributed by atoms with Crippen LogP contribution >= 0.6 is 0 Å². The van der Waals surface area contributed by atoms with Gasteiger partial charge in [-0.15, -0.1) is 0 Å². The largest absolute Gasteiger partial charge is 0.481 e. The van der Waals surface area contributed by atoms with E-state index in [2.05, 4.69) is 0 Å². The lowest BCUT2D eigenvalue weighted by Crippen LogP contribution is -2.32. The standard InChI is InChI=1S/C17H13F2NO3/c18-13-5-3-6-14(19)11(13)8-16(21)20-9-12(17(22)23)10-4-1-2-7-15(10)20/h1-7,12H,8-9H2,(H,22,23). The molecular weight excluding hydrogens is 304 g/mol. The van der Waals surface area contributed by atoms with E-state index < -0.39 is 35.8 Å². The van der Waals surface area contributed by atoms with E-state index in [-0.39, 0.29) is 12.1 Å². The summed E-state index contributed by atoms with van der Waals surface area (Å²) in [6.07, 6.45) is -0.459. The molecule has 4 nitrogen and oxygen atoms in total. The van der Waals surface area contributed by atoms with Crippen LogP contribution in [0.2, 0.25) is 0 Å². The lowest BCUT2D eigenvalue weighted by Gasteiger charge is -2.18. The highest BCUT2D eigenvalue weighted by molar-refractivity contribution is 5.99. The molecule has 1 aliphatic rings. The minimum absolute atomic E-state index is 0.0381. The van der Waals surface area contributed by atoms with Crippen LogP contribution in [-0.4, -0.2) is 23.5 Å². The van der Waals surface area contributed by atoms with Gasteiger partial charge in [0, 0.05) is 17.8 Å². The van der Waals surface area contributed by atoms with E-state index in [1.165, 1.54) is 11.0 Å². The predicted molar refractivity (Wildman–Crippen MR) is 79.2 cm³/mol. The van der Waals surface area contributed by atoms with E-state index in [1.54, 1.807) is 24.3 Å². The first-order valence-corrected chi connectivity index (χ1v) is 7.04. The molecule has 1 unspecified atom stereocenters. The Kier molecular flexibility index (Phi) is 3.82. The molecule has 1 aliphatic heterocycles. The summed E-state index contributed by atoms with van der Waals surface area (Å²) in [7, 11) is 0. The smallest absolute Gasteiger partial charge is 0.312 e. The van der Waals surface area contributed by atoms with Crippen molar-refractivity contribution in [1.29, 1.82) is 0 Å². The van der Waals surface area contributed by atoms with Gasteiger partial charge in [0.1, 0.15) is 17.6 Å². The number of benzene rings is 2. The molecule has 0 spiro atoms. The first-order valence-electron chi connectivity index (χ1n) is 7.04. The zero-order chi connectivity index (χ0) is 16.6. The lowest BCUT2D eigenvalue weighted by molar-refractivity contribution is -0.138. The number of amides is 1. The Morgan fingerprint density at radius 2 is 1.74 bits per heavy atom. The highest BCUT2D eigenvalue weighted by atomic mass is 19.1. The molecule has 2 aromatic rings. The molecule has 1 amide bonds. The fraction of sp³-hybridized carbons (Fsp3) is 0.176. The highest BCUT2D eigenvalue weighted by Crippen LogP contribution is 2.36. The predicted octanol–water partition coefficient (Wildman–Crippen LogP) is 2.72. The van der Waals surface area contributed by atoms with E-state index >= 15 is 0 Å². The highest BCUT2D eigenvalue weighted by Gasteiger charge is 2.36. The van der Waals surface area contributed by atoms with Gasteiger partial charge >= 0.3 is 5.97 Å². The summed E-state index contributed by atoms with van der Waals surface area (Å²) < 4.78 is 27.4. The average molecular weight is 317 g/mol. The summed E-state index contributed by atoms with van der Waals surface area (Å²) in [5, 5.41) is 9.28. The molecule has 2 aromatic carbocycles. The van der Waals surface area contributed by atoms with Crippen molar-refractivity contribution in [3.05, 3.63) is 65.2 Å². The Labute approximate surface area is 131 Å². The molecule has 1 heterocycles. The van der Waals surface area contributed by atoms with Gasteiger partial charge in [-0.3, -0.25) is 9.59 Å². The number of rotatable bonds is 3. The molecule has 0 saturated heterocycles. The number of para-hydroxylation sites is 1. The van der Waals surface area contributed by atoms with Crippen LogP contribution in [0.3, 0.4) is 0 Å². The molecule has 23 heavy (non-hydrogen) atoms. The van der Waals surface area contributed by atoms with Crippen LogP contribution in [0.25, 0.3) is 0 Å². The number of carboxylic acid groups (broad SMARTS) is 1. The topological polar surface area (TPSA) is 57.6 Å². The van der Waals surface area contributed by atoms with Crippen LogP contribution in [0.1, 0.15) is 17.0 Å². The van der Waals surface area contributed by atoms with Gasteiger partial charge < -0.3 is 10.0 Å². The first kappa shape index (κ1) is 15.1.